The Balaban J connectivity index is 1.39. The summed E-state index contributed by atoms with van der Waals surface area (Å²) in [6.45, 7) is 4.22. The maximum atomic E-state index is 5.98. The summed E-state index contributed by atoms with van der Waals surface area (Å²) in [6.07, 6.45) is 0.100. The van der Waals surface area contributed by atoms with Crippen molar-refractivity contribution >= 4 is 57.1 Å². The van der Waals surface area contributed by atoms with Gasteiger partial charge in [0, 0.05) is 21.6 Å². The second-order valence-corrected chi connectivity index (χ2v) is 9.36. The predicted octanol–water partition coefficient (Wildman–Crippen LogP) is 6.11. The van der Waals surface area contributed by atoms with Crippen molar-refractivity contribution in [3.8, 4) is 0 Å². The average Bonchev–Trinajstić information content (AvgIpc) is 3.19. The largest absolute Gasteiger partial charge is 0.234 e. The molecule has 8 heteroatoms. The Morgan fingerprint density at radius 2 is 1.07 bits per heavy atom. The van der Waals surface area contributed by atoms with E-state index < -0.39 is 0 Å². The number of benzene rings is 2. The van der Waals surface area contributed by atoms with E-state index >= 15 is 0 Å². The minimum absolute atomic E-state index is 0.0501. The van der Waals surface area contributed by atoms with Crippen molar-refractivity contribution in [1.29, 1.82) is 0 Å². The second-order valence-electron chi connectivity index (χ2n) is 6.61. The molecule has 0 saturated carbocycles. The Morgan fingerprint density at radius 1 is 0.714 bits per heavy atom. The van der Waals surface area contributed by atoms with E-state index in [0.717, 1.165) is 31.9 Å². The molecule has 4 rings (SSSR count). The van der Waals surface area contributed by atoms with Gasteiger partial charge in [-0.3, -0.25) is 0 Å². The smallest absolute Gasteiger partial charge is 0.182 e. The average molecular weight is 451 g/mol. The Labute approximate surface area is 184 Å². The molecule has 28 heavy (non-hydrogen) atoms. The van der Waals surface area contributed by atoms with Crippen LogP contribution in [0.25, 0.3) is 0 Å². The van der Waals surface area contributed by atoms with Crippen LogP contribution in [0, 0.1) is 0 Å². The van der Waals surface area contributed by atoms with Gasteiger partial charge in [-0.2, -0.15) is 0 Å². The predicted molar refractivity (Wildman–Crippen MR) is 123 cm³/mol. The maximum Gasteiger partial charge on any atom is 0.182 e. The lowest BCUT2D eigenvalue weighted by molar-refractivity contribution is 0.119. The molecule has 146 valence electrons. The molecule has 2 aliphatic heterocycles. The van der Waals surface area contributed by atoms with Gasteiger partial charge in [0.25, 0.3) is 0 Å². The van der Waals surface area contributed by atoms with Crippen molar-refractivity contribution in [3.63, 3.8) is 0 Å². The Morgan fingerprint density at radius 3 is 1.43 bits per heavy atom. The number of fused-ring (bicyclic) bond motifs is 1. The molecule has 0 aromatic heterocycles. The third kappa shape index (κ3) is 4.30. The number of amidine groups is 2. The zero-order valence-corrected chi connectivity index (χ0v) is 18.7. The fourth-order valence-corrected chi connectivity index (χ4v) is 5.50. The highest BCUT2D eigenvalue weighted by atomic mass is 35.5. The number of hydrazine groups is 1. The van der Waals surface area contributed by atoms with Gasteiger partial charge in [0.05, 0.1) is 0 Å². The van der Waals surface area contributed by atoms with Gasteiger partial charge in [-0.05, 0) is 49.2 Å². The minimum atomic E-state index is 0.0501. The van der Waals surface area contributed by atoms with Crippen molar-refractivity contribution in [2.75, 3.05) is 0 Å². The van der Waals surface area contributed by atoms with Gasteiger partial charge in [0.2, 0.25) is 0 Å². The molecule has 2 aromatic rings. The zero-order chi connectivity index (χ0) is 19.7. The van der Waals surface area contributed by atoms with Crippen molar-refractivity contribution < 1.29 is 0 Å². The van der Waals surface area contributed by atoms with Gasteiger partial charge in [-0.25, -0.2) is 20.0 Å². The lowest BCUT2D eigenvalue weighted by Crippen LogP contribution is -2.44. The number of rotatable bonds is 4. The number of hydrogen-bond donors (Lipinski definition) is 0. The van der Waals surface area contributed by atoms with Gasteiger partial charge < -0.3 is 0 Å². The fraction of sp³-hybridized carbons (Fsp3) is 0.300. The van der Waals surface area contributed by atoms with Crippen LogP contribution < -0.4 is 0 Å². The molecule has 2 aromatic carbocycles. The standard InChI is InChI=1S/C20H20Cl2N4S2/c1-13-23-19(27-11-15-3-7-17(21)8-4-15)26-14(2)24-20(25(13)26)28-12-16-5-9-18(22)10-6-16/h3-10,13-14H,11-12H2,1-2H3/t13-,14-/m0/s1. The summed E-state index contributed by atoms with van der Waals surface area (Å²) >= 11 is 15.4. The molecule has 2 heterocycles. The van der Waals surface area contributed by atoms with Crippen LogP contribution in [-0.2, 0) is 11.5 Å². The number of aliphatic imine (C=N–C) groups is 2. The maximum absolute atomic E-state index is 5.98. The van der Waals surface area contributed by atoms with Crippen molar-refractivity contribution in [1.82, 2.24) is 10.0 Å². The Bertz CT molecular complexity index is 824. The molecular weight excluding hydrogens is 431 g/mol. The van der Waals surface area contributed by atoms with E-state index in [9.17, 15) is 0 Å². The van der Waals surface area contributed by atoms with Gasteiger partial charge in [0.1, 0.15) is 12.3 Å². The van der Waals surface area contributed by atoms with Gasteiger partial charge in [-0.1, -0.05) is 71.0 Å². The summed E-state index contributed by atoms with van der Waals surface area (Å²) in [4.78, 5) is 9.73. The van der Waals surface area contributed by atoms with Crippen molar-refractivity contribution in [3.05, 3.63) is 69.7 Å². The Hall–Kier alpha value is -1.34. The lowest BCUT2D eigenvalue weighted by Gasteiger charge is -2.29. The quantitative estimate of drug-likeness (QED) is 0.561. The molecule has 0 fully saturated rings. The first-order valence-corrected chi connectivity index (χ1v) is 11.7. The number of thioether (sulfide) groups is 2. The van der Waals surface area contributed by atoms with Crippen LogP contribution in [0.5, 0.6) is 0 Å². The topological polar surface area (TPSA) is 31.2 Å². The fourth-order valence-electron chi connectivity index (χ4n) is 3.08. The first-order valence-electron chi connectivity index (χ1n) is 9.00. The number of nitrogens with zero attached hydrogens (tertiary/aromatic N) is 4. The third-order valence-electron chi connectivity index (χ3n) is 4.49. The van der Waals surface area contributed by atoms with Crippen molar-refractivity contribution in [2.24, 2.45) is 9.98 Å². The third-order valence-corrected chi connectivity index (χ3v) is 7.05. The molecular formula is C20H20Cl2N4S2. The highest BCUT2D eigenvalue weighted by Gasteiger charge is 2.41. The van der Waals surface area contributed by atoms with E-state index in [2.05, 4.69) is 48.1 Å². The first-order chi connectivity index (χ1) is 13.5. The monoisotopic (exact) mass is 450 g/mol. The molecule has 0 aliphatic carbocycles. The summed E-state index contributed by atoms with van der Waals surface area (Å²) in [7, 11) is 0. The van der Waals surface area contributed by atoms with Gasteiger partial charge in [-0.15, -0.1) is 0 Å². The van der Waals surface area contributed by atoms with Crippen LogP contribution in [0.4, 0.5) is 0 Å². The normalized spacial score (nSPS) is 21.0. The number of halogens is 2. The van der Waals surface area contributed by atoms with Gasteiger partial charge >= 0.3 is 0 Å². The van der Waals surface area contributed by atoms with Crippen LogP contribution >= 0.6 is 46.7 Å². The first kappa shape index (κ1) is 20.0. The summed E-state index contributed by atoms with van der Waals surface area (Å²) in [5, 5.41) is 7.96. The van der Waals surface area contributed by atoms with Crippen LogP contribution in [0.15, 0.2) is 58.5 Å². The van der Waals surface area contributed by atoms with E-state index in [4.69, 9.17) is 33.2 Å². The second kappa shape index (κ2) is 8.57. The molecule has 0 radical (unpaired) electrons. The van der Waals surface area contributed by atoms with Crippen LogP contribution in [0.2, 0.25) is 10.0 Å². The SMILES string of the molecule is C[C@H]1N=C(SCc2ccc(Cl)cc2)N2[C@@H](C)N=C(SCc3ccc(Cl)cc3)N12. The van der Waals surface area contributed by atoms with E-state index in [1.165, 1.54) is 11.1 Å². The van der Waals surface area contributed by atoms with E-state index in [1.54, 1.807) is 23.5 Å². The summed E-state index contributed by atoms with van der Waals surface area (Å²) in [6, 6.07) is 15.9. The highest BCUT2D eigenvalue weighted by molar-refractivity contribution is 8.13. The summed E-state index contributed by atoms with van der Waals surface area (Å²) in [5.41, 5.74) is 2.46. The molecule has 2 aliphatic rings. The summed E-state index contributed by atoms with van der Waals surface area (Å²) < 4.78 is 0. The highest BCUT2D eigenvalue weighted by Crippen LogP contribution is 2.35. The molecule has 0 saturated heterocycles. The number of hydrogen-bond acceptors (Lipinski definition) is 6. The Kier molecular flexibility index (Phi) is 6.11. The van der Waals surface area contributed by atoms with Crippen LogP contribution in [0.1, 0.15) is 25.0 Å². The van der Waals surface area contributed by atoms with Crippen LogP contribution in [0.3, 0.4) is 0 Å². The minimum Gasteiger partial charge on any atom is -0.234 e. The molecule has 0 N–H and O–H groups in total. The van der Waals surface area contributed by atoms with E-state index in [0.29, 0.717) is 0 Å². The van der Waals surface area contributed by atoms with E-state index in [-0.39, 0.29) is 12.3 Å². The van der Waals surface area contributed by atoms with Crippen LogP contribution in [-0.4, -0.2) is 32.7 Å². The lowest BCUT2D eigenvalue weighted by atomic mass is 10.2. The van der Waals surface area contributed by atoms with Gasteiger partial charge in [0.15, 0.2) is 10.3 Å². The molecule has 0 amide bonds. The molecule has 0 spiro atoms. The molecule has 0 bridgehead atoms. The summed E-state index contributed by atoms with van der Waals surface area (Å²) in [5.74, 6) is 1.71. The van der Waals surface area contributed by atoms with E-state index in [1.807, 2.05) is 24.3 Å². The molecule has 2 atom stereocenters. The molecule has 4 nitrogen and oxygen atoms in total. The van der Waals surface area contributed by atoms with Crippen molar-refractivity contribution in [2.45, 2.75) is 37.7 Å². The molecule has 0 unspecified atom stereocenters. The zero-order valence-electron chi connectivity index (χ0n) is 15.5.